The van der Waals surface area contributed by atoms with E-state index in [-0.39, 0.29) is 17.0 Å². The van der Waals surface area contributed by atoms with Gasteiger partial charge in [-0.25, -0.2) is 10.9 Å². The van der Waals surface area contributed by atoms with E-state index in [2.05, 4.69) is 23.0 Å². The SMILES string of the molecule is OC1CCCC1[SH]1C=CC=C1. The zero-order valence-electron chi connectivity index (χ0n) is 6.48. The van der Waals surface area contributed by atoms with Gasteiger partial charge in [-0.05, 0) is 30.1 Å². The number of thiol groups is 1. The van der Waals surface area contributed by atoms with E-state index >= 15 is 0 Å². The van der Waals surface area contributed by atoms with Crippen LogP contribution in [0.3, 0.4) is 0 Å². The number of allylic oxidation sites excluding steroid dienone is 2. The summed E-state index contributed by atoms with van der Waals surface area (Å²) in [4.78, 5) is 0. The Balaban J connectivity index is 2.03. The lowest BCUT2D eigenvalue weighted by molar-refractivity contribution is 0.188. The molecule has 0 spiro atoms. The third-order valence-electron chi connectivity index (χ3n) is 2.45. The molecule has 0 aromatic heterocycles. The van der Waals surface area contributed by atoms with Crippen LogP contribution in [0.2, 0.25) is 0 Å². The molecule has 0 aromatic carbocycles. The van der Waals surface area contributed by atoms with Crippen LogP contribution in [-0.2, 0) is 0 Å². The summed E-state index contributed by atoms with van der Waals surface area (Å²) in [7, 11) is -0.0967. The minimum atomic E-state index is -0.0967. The Morgan fingerprint density at radius 3 is 2.45 bits per heavy atom. The number of rotatable bonds is 1. The highest BCUT2D eigenvalue weighted by molar-refractivity contribution is 8.22. The van der Waals surface area contributed by atoms with Gasteiger partial charge in [0.2, 0.25) is 0 Å². The predicted octanol–water partition coefficient (Wildman–Crippen LogP) is 1.94. The smallest absolute Gasteiger partial charge is 0.0647 e. The molecule has 1 heterocycles. The van der Waals surface area contributed by atoms with Gasteiger partial charge in [0.1, 0.15) is 0 Å². The lowest BCUT2D eigenvalue weighted by Crippen LogP contribution is -2.17. The first kappa shape index (κ1) is 7.44. The monoisotopic (exact) mass is 170 g/mol. The summed E-state index contributed by atoms with van der Waals surface area (Å²) in [6.45, 7) is 0. The van der Waals surface area contributed by atoms with Gasteiger partial charge in [0.05, 0.1) is 6.10 Å². The summed E-state index contributed by atoms with van der Waals surface area (Å²) in [6, 6.07) is 0. The van der Waals surface area contributed by atoms with Crippen LogP contribution in [0.1, 0.15) is 19.3 Å². The summed E-state index contributed by atoms with van der Waals surface area (Å²) < 4.78 is 0. The number of aliphatic hydroxyl groups is 1. The molecule has 2 unspecified atom stereocenters. The molecule has 1 aliphatic carbocycles. The second-order valence-corrected chi connectivity index (χ2v) is 5.35. The first-order chi connectivity index (χ1) is 5.38. The van der Waals surface area contributed by atoms with Crippen LogP contribution in [-0.4, -0.2) is 16.5 Å². The molecule has 62 valence electrons. The number of hydrogen-bond donors (Lipinski definition) is 2. The van der Waals surface area contributed by atoms with Crippen LogP contribution in [0.5, 0.6) is 0 Å². The molecule has 1 fully saturated rings. The molecule has 2 atom stereocenters. The highest BCUT2D eigenvalue weighted by atomic mass is 32.2. The minimum absolute atomic E-state index is 0.0199. The first-order valence-corrected chi connectivity index (χ1v) is 5.73. The van der Waals surface area contributed by atoms with Crippen molar-refractivity contribution in [3.05, 3.63) is 23.0 Å². The molecule has 1 saturated carbocycles. The molecule has 2 rings (SSSR count). The lowest BCUT2D eigenvalue weighted by atomic mass is 10.3. The van der Waals surface area contributed by atoms with Crippen molar-refractivity contribution in [3.8, 4) is 0 Å². The molecule has 1 aliphatic heterocycles. The second kappa shape index (κ2) is 3.03. The summed E-state index contributed by atoms with van der Waals surface area (Å²) in [6.07, 6.45) is 7.65. The zero-order chi connectivity index (χ0) is 7.68. The van der Waals surface area contributed by atoms with Crippen molar-refractivity contribution in [2.24, 2.45) is 0 Å². The topological polar surface area (TPSA) is 20.2 Å². The van der Waals surface area contributed by atoms with Crippen molar-refractivity contribution in [1.82, 2.24) is 0 Å². The fourth-order valence-corrected chi connectivity index (χ4v) is 4.00. The van der Waals surface area contributed by atoms with Gasteiger partial charge in [-0.1, -0.05) is 12.2 Å². The van der Waals surface area contributed by atoms with Crippen LogP contribution >= 0.6 is 10.9 Å². The Hall–Kier alpha value is -0.210. The molecular weight excluding hydrogens is 156 g/mol. The summed E-state index contributed by atoms with van der Waals surface area (Å²) in [5, 5.41) is 14.7. The van der Waals surface area contributed by atoms with Crippen molar-refractivity contribution >= 4 is 10.9 Å². The Morgan fingerprint density at radius 1 is 1.18 bits per heavy atom. The van der Waals surface area contributed by atoms with Gasteiger partial charge in [-0.2, -0.15) is 0 Å². The lowest BCUT2D eigenvalue weighted by Gasteiger charge is -2.22. The van der Waals surface area contributed by atoms with Gasteiger partial charge in [-0.3, -0.25) is 0 Å². The molecule has 0 bridgehead atoms. The maximum absolute atomic E-state index is 9.60. The largest absolute Gasteiger partial charge is 0.392 e. The van der Waals surface area contributed by atoms with Crippen molar-refractivity contribution in [1.29, 1.82) is 0 Å². The molecule has 0 saturated heterocycles. The zero-order valence-corrected chi connectivity index (χ0v) is 7.37. The van der Waals surface area contributed by atoms with Gasteiger partial charge in [0, 0.05) is 5.25 Å². The van der Waals surface area contributed by atoms with Crippen LogP contribution in [0.25, 0.3) is 0 Å². The van der Waals surface area contributed by atoms with E-state index in [0.29, 0.717) is 5.25 Å². The van der Waals surface area contributed by atoms with E-state index in [4.69, 9.17) is 0 Å². The normalized spacial score (nSPS) is 38.8. The Labute approximate surface area is 70.2 Å². The third kappa shape index (κ3) is 1.37. The van der Waals surface area contributed by atoms with Crippen molar-refractivity contribution in [2.75, 3.05) is 0 Å². The van der Waals surface area contributed by atoms with Crippen LogP contribution in [0.15, 0.2) is 23.0 Å². The average molecular weight is 170 g/mol. The summed E-state index contributed by atoms with van der Waals surface area (Å²) in [5.74, 6) is 0. The van der Waals surface area contributed by atoms with E-state index in [0.717, 1.165) is 6.42 Å². The van der Waals surface area contributed by atoms with E-state index in [1.807, 2.05) is 0 Å². The summed E-state index contributed by atoms with van der Waals surface area (Å²) >= 11 is 0. The van der Waals surface area contributed by atoms with Gasteiger partial charge < -0.3 is 5.11 Å². The highest BCUT2D eigenvalue weighted by Crippen LogP contribution is 2.45. The molecule has 0 aromatic rings. The van der Waals surface area contributed by atoms with Crippen molar-refractivity contribution in [3.63, 3.8) is 0 Å². The standard InChI is InChI=1S/C9H14OS/c10-8-4-3-5-9(8)11-6-1-2-7-11/h1-2,6-11H,3-5H2. The van der Waals surface area contributed by atoms with E-state index < -0.39 is 0 Å². The van der Waals surface area contributed by atoms with E-state index in [9.17, 15) is 5.11 Å². The molecule has 0 radical (unpaired) electrons. The molecule has 0 amide bonds. The van der Waals surface area contributed by atoms with Crippen LogP contribution < -0.4 is 0 Å². The fraction of sp³-hybridized carbons (Fsp3) is 0.556. The summed E-state index contributed by atoms with van der Waals surface area (Å²) in [5.41, 5.74) is 0. The predicted molar refractivity (Wildman–Crippen MR) is 50.9 cm³/mol. The Kier molecular flexibility index (Phi) is 2.05. The van der Waals surface area contributed by atoms with Crippen molar-refractivity contribution in [2.45, 2.75) is 30.6 Å². The maximum atomic E-state index is 9.60. The van der Waals surface area contributed by atoms with Crippen molar-refractivity contribution < 1.29 is 5.11 Å². The van der Waals surface area contributed by atoms with Crippen LogP contribution in [0.4, 0.5) is 0 Å². The second-order valence-electron chi connectivity index (χ2n) is 3.20. The average Bonchev–Trinajstić information content (AvgIpc) is 2.55. The quantitative estimate of drug-likeness (QED) is 0.576. The highest BCUT2D eigenvalue weighted by Gasteiger charge is 2.28. The molecule has 11 heavy (non-hydrogen) atoms. The molecule has 2 heteroatoms. The number of hydrogen-bond acceptors (Lipinski definition) is 1. The first-order valence-electron chi connectivity index (χ1n) is 4.18. The maximum Gasteiger partial charge on any atom is 0.0647 e. The third-order valence-corrected chi connectivity index (χ3v) is 4.86. The van der Waals surface area contributed by atoms with E-state index in [1.165, 1.54) is 12.8 Å². The van der Waals surface area contributed by atoms with Gasteiger partial charge >= 0.3 is 0 Å². The van der Waals surface area contributed by atoms with Gasteiger partial charge in [0.25, 0.3) is 0 Å². The van der Waals surface area contributed by atoms with Gasteiger partial charge in [0.15, 0.2) is 0 Å². The molecular formula is C9H14OS. The number of aliphatic hydroxyl groups excluding tert-OH is 1. The Bertz CT molecular complexity index is 186. The Morgan fingerprint density at radius 2 is 1.91 bits per heavy atom. The van der Waals surface area contributed by atoms with Crippen LogP contribution in [0, 0.1) is 0 Å². The molecule has 1 nitrogen and oxygen atoms in total. The minimum Gasteiger partial charge on any atom is -0.392 e. The molecule has 2 aliphatic rings. The fourth-order valence-electron chi connectivity index (χ4n) is 1.84. The molecule has 1 N–H and O–H groups in total. The van der Waals surface area contributed by atoms with E-state index in [1.54, 1.807) is 0 Å². The van der Waals surface area contributed by atoms with Gasteiger partial charge in [-0.15, -0.1) is 0 Å².